The summed E-state index contributed by atoms with van der Waals surface area (Å²) in [6.45, 7) is 4.60. The molecule has 2 aromatic carbocycles. The maximum absolute atomic E-state index is 12.6. The van der Waals surface area contributed by atoms with Crippen LogP contribution >= 0.6 is 11.6 Å². The molecule has 1 heterocycles. The highest BCUT2D eigenvalue weighted by Crippen LogP contribution is 2.33. The predicted molar refractivity (Wildman–Crippen MR) is 109 cm³/mol. The van der Waals surface area contributed by atoms with Gasteiger partial charge in [0, 0.05) is 43.0 Å². The van der Waals surface area contributed by atoms with Gasteiger partial charge in [-0.15, -0.1) is 0 Å². The number of hydrogen-bond acceptors (Lipinski definition) is 4. The molecule has 1 N–H and O–H groups in total. The number of methoxy groups -OCH3 is 2. The Kier molecular flexibility index (Phi) is 5.96. The van der Waals surface area contributed by atoms with E-state index in [1.165, 1.54) is 0 Å². The highest BCUT2D eigenvalue weighted by atomic mass is 35.5. The smallest absolute Gasteiger partial charge is 0.321 e. The van der Waals surface area contributed by atoms with Crippen LogP contribution in [0.1, 0.15) is 5.56 Å². The van der Waals surface area contributed by atoms with Gasteiger partial charge >= 0.3 is 6.03 Å². The molecule has 0 aliphatic carbocycles. The van der Waals surface area contributed by atoms with Crippen molar-refractivity contribution >= 4 is 29.0 Å². The van der Waals surface area contributed by atoms with Gasteiger partial charge in [-0.3, -0.25) is 0 Å². The number of carbonyl (C=O) groups excluding carboxylic acids is 1. The van der Waals surface area contributed by atoms with Gasteiger partial charge in [0.2, 0.25) is 0 Å². The van der Waals surface area contributed by atoms with Gasteiger partial charge in [-0.1, -0.05) is 17.7 Å². The molecule has 1 aliphatic heterocycles. The Bertz CT molecular complexity index is 820. The molecule has 27 heavy (non-hydrogen) atoms. The standard InChI is InChI=1S/C20H24ClN3O3/c1-14-4-5-15(21)12-17(14)22-20(25)24-10-8-23(9-11-24)18-13-16(26-2)6-7-19(18)27-3/h4-7,12-13H,8-11H2,1-3H3,(H,22,25). The minimum Gasteiger partial charge on any atom is -0.497 e. The summed E-state index contributed by atoms with van der Waals surface area (Å²) in [6, 6.07) is 11.1. The molecule has 1 fully saturated rings. The summed E-state index contributed by atoms with van der Waals surface area (Å²) in [6.07, 6.45) is 0. The summed E-state index contributed by atoms with van der Waals surface area (Å²) in [5.74, 6) is 1.57. The Balaban J connectivity index is 1.65. The summed E-state index contributed by atoms with van der Waals surface area (Å²) in [5, 5.41) is 3.56. The number of carbonyl (C=O) groups is 1. The van der Waals surface area contributed by atoms with Crippen molar-refractivity contribution < 1.29 is 14.3 Å². The van der Waals surface area contributed by atoms with Crippen molar-refractivity contribution in [1.29, 1.82) is 0 Å². The van der Waals surface area contributed by atoms with E-state index in [0.29, 0.717) is 31.2 Å². The molecule has 2 aromatic rings. The first-order valence-electron chi connectivity index (χ1n) is 8.81. The lowest BCUT2D eigenvalue weighted by molar-refractivity contribution is 0.208. The van der Waals surface area contributed by atoms with Crippen molar-refractivity contribution in [2.24, 2.45) is 0 Å². The number of hydrogen-bond donors (Lipinski definition) is 1. The number of urea groups is 1. The Hall–Kier alpha value is -2.60. The third kappa shape index (κ3) is 4.39. The van der Waals surface area contributed by atoms with Crippen LogP contribution in [0.4, 0.5) is 16.2 Å². The first kappa shape index (κ1) is 19.2. The largest absolute Gasteiger partial charge is 0.497 e. The zero-order chi connectivity index (χ0) is 19.4. The van der Waals surface area contributed by atoms with Gasteiger partial charge in [0.1, 0.15) is 11.5 Å². The minimum atomic E-state index is -0.113. The quantitative estimate of drug-likeness (QED) is 0.858. The highest BCUT2D eigenvalue weighted by molar-refractivity contribution is 6.31. The molecule has 1 saturated heterocycles. The highest BCUT2D eigenvalue weighted by Gasteiger charge is 2.23. The van der Waals surface area contributed by atoms with E-state index in [1.54, 1.807) is 20.3 Å². The summed E-state index contributed by atoms with van der Waals surface area (Å²) in [5.41, 5.74) is 2.69. The summed E-state index contributed by atoms with van der Waals surface area (Å²) < 4.78 is 10.8. The van der Waals surface area contributed by atoms with Gasteiger partial charge in [0.25, 0.3) is 0 Å². The minimum absolute atomic E-state index is 0.113. The van der Waals surface area contributed by atoms with E-state index in [-0.39, 0.29) is 6.03 Å². The summed E-state index contributed by atoms with van der Waals surface area (Å²) >= 11 is 6.03. The molecule has 0 bridgehead atoms. The molecule has 0 radical (unpaired) electrons. The molecule has 2 amide bonds. The molecule has 0 aromatic heterocycles. The van der Waals surface area contributed by atoms with Gasteiger partial charge in [-0.25, -0.2) is 4.79 Å². The van der Waals surface area contributed by atoms with Crippen molar-refractivity contribution in [3.63, 3.8) is 0 Å². The van der Waals surface area contributed by atoms with E-state index in [2.05, 4.69) is 10.2 Å². The molecule has 144 valence electrons. The molecule has 1 aliphatic rings. The zero-order valence-corrected chi connectivity index (χ0v) is 16.5. The molecule has 0 spiro atoms. The monoisotopic (exact) mass is 389 g/mol. The van der Waals surface area contributed by atoms with Crippen LogP contribution in [-0.2, 0) is 0 Å². The average Bonchev–Trinajstić information content (AvgIpc) is 2.70. The van der Waals surface area contributed by atoms with Crippen LogP contribution in [0, 0.1) is 6.92 Å². The number of ether oxygens (including phenoxy) is 2. The number of aryl methyl sites for hydroxylation is 1. The van der Waals surface area contributed by atoms with E-state index in [1.807, 2.05) is 42.2 Å². The second-order valence-corrected chi connectivity index (χ2v) is 6.84. The molecule has 0 atom stereocenters. The molecular weight excluding hydrogens is 366 g/mol. The Morgan fingerprint density at radius 3 is 2.44 bits per heavy atom. The average molecular weight is 390 g/mol. The van der Waals surface area contributed by atoms with E-state index in [0.717, 1.165) is 28.4 Å². The fourth-order valence-corrected chi connectivity index (χ4v) is 3.29. The van der Waals surface area contributed by atoms with E-state index < -0.39 is 0 Å². The molecule has 6 nitrogen and oxygen atoms in total. The summed E-state index contributed by atoms with van der Waals surface area (Å²) in [7, 11) is 3.30. The van der Waals surface area contributed by atoms with Gasteiger partial charge < -0.3 is 24.6 Å². The third-order valence-corrected chi connectivity index (χ3v) is 4.97. The number of halogens is 1. The molecule has 7 heteroatoms. The number of benzene rings is 2. The SMILES string of the molecule is COc1ccc(OC)c(N2CCN(C(=O)Nc3cc(Cl)ccc3C)CC2)c1. The predicted octanol–water partition coefficient (Wildman–Crippen LogP) is 4.02. The lowest BCUT2D eigenvalue weighted by atomic mass is 10.2. The first-order chi connectivity index (χ1) is 13.0. The number of anilines is 2. The van der Waals surface area contributed by atoms with Crippen LogP contribution in [0.25, 0.3) is 0 Å². The van der Waals surface area contributed by atoms with Crippen molar-refractivity contribution in [2.75, 3.05) is 50.6 Å². The maximum atomic E-state index is 12.6. The fourth-order valence-electron chi connectivity index (χ4n) is 3.12. The Labute approximate surface area is 164 Å². The maximum Gasteiger partial charge on any atom is 0.321 e. The Morgan fingerprint density at radius 1 is 1.04 bits per heavy atom. The molecule has 0 unspecified atom stereocenters. The lowest BCUT2D eigenvalue weighted by Crippen LogP contribution is -2.50. The lowest BCUT2D eigenvalue weighted by Gasteiger charge is -2.36. The topological polar surface area (TPSA) is 54.0 Å². The van der Waals surface area contributed by atoms with E-state index in [9.17, 15) is 4.79 Å². The van der Waals surface area contributed by atoms with Crippen molar-refractivity contribution in [1.82, 2.24) is 4.90 Å². The third-order valence-electron chi connectivity index (χ3n) is 4.73. The van der Waals surface area contributed by atoms with Gasteiger partial charge in [0.05, 0.1) is 19.9 Å². The number of nitrogens with zero attached hydrogens (tertiary/aromatic N) is 2. The van der Waals surface area contributed by atoms with Gasteiger partial charge in [-0.2, -0.15) is 0 Å². The summed E-state index contributed by atoms with van der Waals surface area (Å²) in [4.78, 5) is 16.6. The zero-order valence-electron chi connectivity index (χ0n) is 15.8. The molecular formula is C20H24ClN3O3. The van der Waals surface area contributed by atoms with Crippen molar-refractivity contribution in [2.45, 2.75) is 6.92 Å². The van der Waals surface area contributed by atoms with Crippen LogP contribution in [0.5, 0.6) is 11.5 Å². The van der Waals surface area contributed by atoms with Gasteiger partial charge in [-0.05, 0) is 36.8 Å². The van der Waals surface area contributed by atoms with Crippen LogP contribution in [0.3, 0.4) is 0 Å². The number of amides is 2. The van der Waals surface area contributed by atoms with Crippen molar-refractivity contribution in [3.05, 3.63) is 47.0 Å². The number of rotatable bonds is 4. The van der Waals surface area contributed by atoms with E-state index in [4.69, 9.17) is 21.1 Å². The number of nitrogens with one attached hydrogen (secondary N) is 1. The molecule has 3 rings (SSSR count). The Morgan fingerprint density at radius 2 is 1.78 bits per heavy atom. The first-order valence-corrected chi connectivity index (χ1v) is 9.18. The second kappa shape index (κ2) is 8.39. The molecule has 0 saturated carbocycles. The van der Waals surface area contributed by atoms with Crippen molar-refractivity contribution in [3.8, 4) is 11.5 Å². The fraction of sp³-hybridized carbons (Fsp3) is 0.350. The second-order valence-electron chi connectivity index (χ2n) is 6.40. The van der Waals surface area contributed by atoms with Gasteiger partial charge in [0.15, 0.2) is 0 Å². The van der Waals surface area contributed by atoms with Crippen LogP contribution in [-0.4, -0.2) is 51.3 Å². The van der Waals surface area contributed by atoms with Crippen LogP contribution in [0.15, 0.2) is 36.4 Å². The van der Waals surface area contributed by atoms with Crippen LogP contribution < -0.4 is 19.7 Å². The van der Waals surface area contributed by atoms with Crippen LogP contribution in [0.2, 0.25) is 5.02 Å². The number of piperazine rings is 1. The van der Waals surface area contributed by atoms with E-state index >= 15 is 0 Å². The normalized spacial score (nSPS) is 14.1.